The van der Waals surface area contributed by atoms with Gasteiger partial charge in [0.1, 0.15) is 0 Å². The van der Waals surface area contributed by atoms with Crippen LogP contribution in [-0.4, -0.2) is 35.3 Å². The second kappa shape index (κ2) is 6.31. The molecule has 0 saturated carbocycles. The van der Waals surface area contributed by atoms with E-state index in [1.165, 1.54) is 23.2 Å². The minimum absolute atomic E-state index is 0.112. The molecular weight excluding hydrogens is 287 g/mol. The first kappa shape index (κ1) is 15.6. The molecule has 0 bridgehead atoms. The monoisotopic (exact) mass is 303 g/mol. The van der Waals surface area contributed by atoms with Crippen LogP contribution in [0.25, 0.3) is 0 Å². The van der Waals surface area contributed by atoms with E-state index in [-0.39, 0.29) is 18.3 Å². The number of anilines is 1. The number of hydrogen-bond acceptors (Lipinski definition) is 3. The van der Waals surface area contributed by atoms with Crippen LogP contribution in [0.4, 0.5) is 23.7 Å². The number of para-hydroxylation sites is 1. The third kappa shape index (κ3) is 3.85. The van der Waals surface area contributed by atoms with Crippen LogP contribution in [0.5, 0.6) is 0 Å². The molecule has 116 valence electrons. The van der Waals surface area contributed by atoms with Crippen molar-refractivity contribution in [2.24, 2.45) is 0 Å². The molecular formula is C13H16F3N3O2. The highest BCUT2D eigenvalue weighted by Crippen LogP contribution is 2.34. The van der Waals surface area contributed by atoms with E-state index in [4.69, 9.17) is 5.11 Å². The molecule has 2 amide bonds. The van der Waals surface area contributed by atoms with E-state index in [9.17, 15) is 18.0 Å². The van der Waals surface area contributed by atoms with Crippen LogP contribution in [0.15, 0.2) is 24.3 Å². The molecule has 0 radical (unpaired) electrons. The SMILES string of the molecule is O=C(Nc1ccccc1C(F)(F)F)NN1CCCC1CO. The highest BCUT2D eigenvalue weighted by Gasteiger charge is 2.34. The Kier molecular flexibility index (Phi) is 4.69. The lowest BCUT2D eigenvalue weighted by Gasteiger charge is -2.24. The van der Waals surface area contributed by atoms with Crippen molar-refractivity contribution in [3.8, 4) is 0 Å². The van der Waals surface area contributed by atoms with Crippen molar-refractivity contribution in [2.75, 3.05) is 18.5 Å². The molecule has 1 aromatic rings. The smallest absolute Gasteiger partial charge is 0.395 e. The lowest BCUT2D eigenvalue weighted by atomic mass is 10.1. The molecule has 0 aliphatic carbocycles. The second-order valence-electron chi connectivity index (χ2n) is 4.78. The quantitative estimate of drug-likeness (QED) is 0.802. The minimum atomic E-state index is -4.54. The Morgan fingerprint density at radius 3 is 2.76 bits per heavy atom. The van der Waals surface area contributed by atoms with E-state index in [0.717, 1.165) is 18.9 Å². The van der Waals surface area contributed by atoms with Gasteiger partial charge in [0.05, 0.1) is 23.9 Å². The fourth-order valence-corrected chi connectivity index (χ4v) is 2.29. The Hall–Kier alpha value is -1.80. The average molecular weight is 303 g/mol. The number of rotatable bonds is 3. The number of carbonyl (C=O) groups is 1. The number of benzene rings is 1. The molecule has 3 N–H and O–H groups in total. The molecule has 1 saturated heterocycles. The average Bonchev–Trinajstić information content (AvgIpc) is 2.85. The summed E-state index contributed by atoms with van der Waals surface area (Å²) >= 11 is 0. The summed E-state index contributed by atoms with van der Waals surface area (Å²) in [6.45, 7) is 0.443. The highest BCUT2D eigenvalue weighted by molar-refractivity contribution is 5.89. The molecule has 1 aliphatic rings. The van der Waals surface area contributed by atoms with Gasteiger partial charge in [-0.3, -0.25) is 5.43 Å². The maximum absolute atomic E-state index is 12.8. The molecule has 8 heteroatoms. The van der Waals surface area contributed by atoms with Crippen molar-refractivity contribution in [3.63, 3.8) is 0 Å². The maximum Gasteiger partial charge on any atom is 0.418 e. The van der Waals surface area contributed by atoms with E-state index in [0.29, 0.717) is 6.54 Å². The lowest BCUT2D eigenvalue weighted by Crippen LogP contribution is -2.48. The largest absolute Gasteiger partial charge is 0.418 e. The van der Waals surface area contributed by atoms with Gasteiger partial charge in [0.25, 0.3) is 0 Å². The number of halogens is 3. The Balaban J connectivity index is 2.03. The standard InChI is InChI=1S/C13H16F3N3O2/c14-13(15,16)10-5-1-2-6-11(10)17-12(21)18-19-7-3-4-9(19)8-20/h1-2,5-6,9,20H,3-4,7-8H2,(H2,17,18,21). The van der Waals surface area contributed by atoms with E-state index >= 15 is 0 Å². The zero-order chi connectivity index (χ0) is 15.5. The first-order valence-electron chi connectivity index (χ1n) is 6.53. The number of carbonyl (C=O) groups excluding carboxylic acids is 1. The maximum atomic E-state index is 12.8. The van der Waals surface area contributed by atoms with Gasteiger partial charge >= 0.3 is 12.2 Å². The summed E-state index contributed by atoms with van der Waals surface area (Å²) in [6.07, 6.45) is -2.99. The number of urea groups is 1. The van der Waals surface area contributed by atoms with Crippen LogP contribution in [0.2, 0.25) is 0 Å². The van der Waals surface area contributed by atoms with Gasteiger partial charge in [0, 0.05) is 6.54 Å². The van der Waals surface area contributed by atoms with Crippen molar-refractivity contribution in [1.82, 2.24) is 10.4 Å². The molecule has 1 unspecified atom stereocenters. The fourth-order valence-electron chi connectivity index (χ4n) is 2.29. The lowest BCUT2D eigenvalue weighted by molar-refractivity contribution is -0.136. The predicted molar refractivity (Wildman–Crippen MR) is 70.4 cm³/mol. The number of nitrogens with zero attached hydrogens (tertiary/aromatic N) is 1. The van der Waals surface area contributed by atoms with E-state index in [2.05, 4.69) is 10.7 Å². The van der Waals surface area contributed by atoms with Crippen LogP contribution in [0, 0.1) is 0 Å². The summed E-state index contributed by atoms with van der Waals surface area (Å²) in [4.78, 5) is 11.8. The Morgan fingerprint density at radius 2 is 2.10 bits per heavy atom. The fraction of sp³-hybridized carbons (Fsp3) is 0.462. The normalized spacial score (nSPS) is 19.5. The van der Waals surface area contributed by atoms with Crippen molar-refractivity contribution in [2.45, 2.75) is 25.1 Å². The molecule has 5 nitrogen and oxygen atoms in total. The highest BCUT2D eigenvalue weighted by atomic mass is 19.4. The summed E-state index contributed by atoms with van der Waals surface area (Å²) in [5, 5.41) is 12.9. The Bertz CT molecular complexity index is 508. The van der Waals surface area contributed by atoms with Gasteiger partial charge in [0.2, 0.25) is 0 Å². The number of amides is 2. The molecule has 2 rings (SSSR count). The zero-order valence-corrected chi connectivity index (χ0v) is 11.2. The molecule has 0 aromatic heterocycles. The summed E-state index contributed by atoms with van der Waals surface area (Å²) < 4.78 is 38.4. The van der Waals surface area contributed by atoms with Gasteiger partial charge in [-0.25, -0.2) is 9.80 Å². The summed E-state index contributed by atoms with van der Waals surface area (Å²) in [5.74, 6) is 0. The number of nitrogens with one attached hydrogen (secondary N) is 2. The Labute approximate surface area is 119 Å². The van der Waals surface area contributed by atoms with Crippen LogP contribution < -0.4 is 10.7 Å². The zero-order valence-electron chi connectivity index (χ0n) is 11.2. The number of aliphatic hydroxyl groups excluding tert-OH is 1. The first-order valence-corrected chi connectivity index (χ1v) is 6.53. The van der Waals surface area contributed by atoms with Gasteiger partial charge in [0.15, 0.2) is 0 Å². The minimum Gasteiger partial charge on any atom is -0.395 e. The van der Waals surface area contributed by atoms with Crippen LogP contribution in [0.3, 0.4) is 0 Å². The third-order valence-electron chi connectivity index (χ3n) is 3.31. The summed E-state index contributed by atoms with van der Waals surface area (Å²) in [7, 11) is 0. The number of hydrazine groups is 1. The number of hydrogen-bond donors (Lipinski definition) is 3. The van der Waals surface area contributed by atoms with E-state index < -0.39 is 17.8 Å². The molecule has 21 heavy (non-hydrogen) atoms. The number of aliphatic hydroxyl groups is 1. The molecule has 1 aliphatic heterocycles. The second-order valence-corrected chi connectivity index (χ2v) is 4.78. The summed E-state index contributed by atoms with van der Waals surface area (Å²) in [6, 6.07) is 3.81. The van der Waals surface area contributed by atoms with Gasteiger partial charge in [-0.1, -0.05) is 12.1 Å². The Morgan fingerprint density at radius 1 is 1.38 bits per heavy atom. The van der Waals surface area contributed by atoms with Crippen LogP contribution >= 0.6 is 0 Å². The summed E-state index contributed by atoms with van der Waals surface area (Å²) in [5.41, 5.74) is 1.26. The number of alkyl halides is 3. The molecule has 1 atom stereocenters. The molecule has 1 aromatic carbocycles. The molecule has 1 heterocycles. The first-order chi connectivity index (χ1) is 9.91. The van der Waals surface area contributed by atoms with E-state index in [1.54, 1.807) is 0 Å². The van der Waals surface area contributed by atoms with E-state index in [1.807, 2.05) is 0 Å². The topological polar surface area (TPSA) is 64.6 Å². The molecule has 1 fully saturated rings. The third-order valence-corrected chi connectivity index (χ3v) is 3.31. The molecule has 0 spiro atoms. The van der Waals surface area contributed by atoms with Gasteiger partial charge in [-0.15, -0.1) is 0 Å². The van der Waals surface area contributed by atoms with Crippen molar-refractivity contribution >= 4 is 11.7 Å². The van der Waals surface area contributed by atoms with Crippen LogP contribution in [0.1, 0.15) is 18.4 Å². The van der Waals surface area contributed by atoms with Gasteiger partial charge in [-0.05, 0) is 25.0 Å². The van der Waals surface area contributed by atoms with Crippen molar-refractivity contribution in [1.29, 1.82) is 0 Å². The van der Waals surface area contributed by atoms with Gasteiger partial charge in [-0.2, -0.15) is 13.2 Å². The van der Waals surface area contributed by atoms with Crippen LogP contribution in [-0.2, 0) is 6.18 Å². The van der Waals surface area contributed by atoms with Crippen molar-refractivity contribution in [3.05, 3.63) is 29.8 Å². The predicted octanol–water partition coefficient (Wildman–Crippen LogP) is 2.20. The van der Waals surface area contributed by atoms with Crippen molar-refractivity contribution < 1.29 is 23.1 Å². The van der Waals surface area contributed by atoms with Gasteiger partial charge < -0.3 is 10.4 Å².